The van der Waals surface area contributed by atoms with Crippen LogP contribution >= 0.6 is 11.3 Å². The molecule has 1 aliphatic rings. The van der Waals surface area contributed by atoms with Crippen molar-refractivity contribution in [2.45, 2.75) is 31.7 Å². The number of ether oxygens (including phenoxy) is 1. The van der Waals surface area contributed by atoms with E-state index >= 15 is 0 Å². The summed E-state index contributed by atoms with van der Waals surface area (Å²) in [5, 5.41) is 19.6. The van der Waals surface area contributed by atoms with Crippen LogP contribution in [0.1, 0.15) is 25.8 Å². The summed E-state index contributed by atoms with van der Waals surface area (Å²) in [7, 11) is -3.01. The SMILES string of the molecule is COC(=O)Nc1ccc2c(c1)S(=O)(=O)NC(c1c(O)c(-c3cccs3)nn(CCC(C)C)c1=O)=N2. The topological polar surface area (TPSA) is 152 Å². The number of aromatic nitrogens is 2. The summed E-state index contributed by atoms with van der Waals surface area (Å²) in [4.78, 5) is 29.5. The third kappa shape index (κ3) is 4.91. The second kappa shape index (κ2) is 9.50. The number of methoxy groups -OCH3 is 1. The minimum Gasteiger partial charge on any atom is -0.505 e. The van der Waals surface area contributed by atoms with Crippen LogP contribution in [-0.4, -0.2) is 42.3 Å². The number of hydrogen-bond acceptors (Lipinski definition) is 9. The quantitative estimate of drug-likeness (QED) is 0.454. The molecule has 0 fully saturated rings. The largest absolute Gasteiger partial charge is 0.505 e. The maximum atomic E-state index is 13.3. The number of aryl methyl sites for hydroxylation is 1. The van der Waals surface area contributed by atoms with Crippen molar-refractivity contribution in [3.05, 3.63) is 51.6 Å². The monoisotopic (exact) mass is 517 g/mol. The van der Waals surface area contributed by atoms with E-state index in [2.05, 4.69) is 24.9 Å². The van der Waals surface area contributed by atoms with Gasteiger partial charge in [0.2, 0.25) is 0 Å². The Hall–Kier alpha value is -3.71. The van der Waals surface area contributed by atoms with Crippen LogP contribution in [-0.2, 0) is 21.3 Å². The molecule has 4 rings (SSSR count). The van der Waals surface area contributed by atoms with Crippen LogP contribution in [0.4, 0.5) is 16.2 Å². The van der Waals surface area contributed by atoms with Gasteiger partial charge in [-0.25, -0.2) is 22.9 Å². The van der Waals surface area contributed by atoms with Crippen molar-refractivity contribution in [2.75, 3.05) is 12.4 Å². The van der Waals surface area contributed by atoms with Gasteiger partial charge in [0.05, 0.1) is 17.7 Å². The van der Waals surface area contributed by atoms with Crippen LogP contribution in [0.2, 0.25) is 0 Å². The number of anilines is 1. The molecule has 1 aliphatic heterocycles. The molecule has 0 aliphatic carbocycles. The molecule has 0 saturated carbocycles. The Morgan fingerprint density at radius 3 is 2.74 bits per heavy atom. The number of amides is 1. The highest BCUT2D eigenvalue weighted by atomic mass is 32.2. The van der Waals surface area contributed by atoms with E-state index < -0.39 is 27.4 Å². The summed E-state index contributed by atoms with van der Waals surface area (Å²) >= 11 is 1.32. The lowest BCUT2D eigenvalue weighted by Crippen LogP contribution is -2.39. The first-order valence-electron chi connectivity index (χ1n) is 10.6. The van der Waals surface area contributed by atoms with E-state index in [0.29, 0.717) is 11.3 Å². The number of nitrogens with one attached hydrogen (secondary N) is 2. The molecule has 3 aromatic rings. The standard InChI is InChI=1S/C22H23N5O6S2/c1-12(2)8-9-27-21(29)17(19(28)18(25-27)15-5-4-10-34-15)20-24-14-7-6-13(23-22(30)33-3)11-16(14)35(31,32)26-20/h4-7,10-12,28H,8-9H2,1-3H3,(H,23,30)(H,24,26). The number of rotatable bonds is 6. The molecule has 0 atom stereocenters. The molecule has 1 amide bonds. The van der Waals surface area contributed by atoms with Gasteiger partial charge >= 0.3 is 6.09 Å². The molecule has 1 aromatic carbocycles. The van der Waals surface area contributed by atoms with Crippen LogP contribution in [0.5, 0.6) is 5.75 Å². The lowest BCUT2D eigenvalue weighted by Gasteiger charge is -2.20. The average Bonchev–Trinajstić information content (AvgIpc) is 3.33. The maximum Gasteiger partial charge on any atom is 0.411 e. The lowest BCUT2D eigenvalue weighted by atomic mass is 10.1. The Labute approximate surface area is 205 Å². The van der Waals surface area contributed by atoms with Crippen LogP contribution in [0.15, 0.2) is 50.4 Å². The fourth-order valence-electron chi connectivity index (χ4n) is 3.39. The van der Waals surface area contributed by atoms with Gasteiger partial charge in [0.1, 0.15) is 16.2 Å². The highest BCUT2D eigenvalue weighted by Gasteiger charge is 2.31. The van der Waals surface area contributed by atoms with E-state index in [4.69, 9.17) is 0 Å². The van der Waals surface area contributed by atoms with Gasteiger partial charge in [-0.1, -0.05) is 19.9 Å². The van der Waals surface area contributed by atoms with Crippen molar-refractivity contribution in [1.29, 1.82) is 0 Å². The zero-order valence-electron chi connectivity index (χ0n) is 19.1. The zero-order valence-corrected chi connectivity index (χ0v) is 20.7. The highest BCUT2D eigenvalue weighted by molar-refractivity contribution is 7.90. The minimum absolute atomic E-state index is 0.0381. The fraction of sp³-hybridized carbons (Fsp3) is 0.273. The van der Waals surface area contributed by atoms with Gasteiger partial charge in [0.15, 0.2) is 11.6 Å². The van der Waals surface area contributed by atoms with Crippen LogP contribution in [0.25, 0.3) is 10.6 Å². The Balaban J connectivity index is 1.88. The Morgan fingerprint density at radius 2 is 2.09 bits per heavy atom. The summed E-state index contributed by atoms with van der Waals surface area (Å²) < 4.78 is 34.2. The average molecular weight is 518 g/mol. The molecule has 184 valence electrons. The summed E-state index contributed by atoms with van der Waals surface area (Å²) in [6.45, 7) is 4.29. The number of nitrogens with zero attached hydrogens (tertiary/aromatic N) is 3. The van der Waals surface area contributed by atoms with Crippen molar-refractivity contribution in [1.82, 2.24) is 14.5 Å². The van der Waals surface area contributed by atoms with Gasteiger partial charge in [0.25, 0.3) is 15.6 Å². The predicted octanol–water partition coefficient (Wildman–Crippen LogP) is 3.27. The van der Waals surface area contributed by atoms with Crippen LogP contribution in [0.3, 0.4) is 0 Å². The number of aliphatic imine (C=N–C) groups is 1. The Bertz CT molecular complexity index is 1480. The smallest absolute Gasteiger partial charge is 0.411 e. The molecule has 0 saturated heterocycles. The van der Waals surface area contributed by atoms with E-state index in [1.165, 1.54) is 41.3 Å². The maximum absolute atomic E-state index is 13.3. The van der Waals surface area contributed by atoms with Crippen LogP contribution < -0.4 is 15.6 Å². The van der Waals surface area contributed by atoms with E-state index in [1.807, 2.05) is 13.8 Å². The summed E-state index contributed by atoms with van der Waals surface area (Å²) in [6.07, 6.45) is -0.113. The van der Waals surface area contributed by atoms with Crippen molar-refractivity contribution in [3.8, 4) is 16.3 Å². The van der Waals surface area contributed by atoms with Gasteiger partial charge in [-0.3, -0.25) is 14.8 Å². The highest BCUT2D eigenvalue weighted by Crippen LogP contribution is 2.35. The van der Waals surface area contributed by atoms with Gasteiger partial charge in [-0.2, -0.15) is 5.10 Å². The predicted molar refractivity (Wildman–Crippen MR) is 132 cm³/mol. The molecule has 0 spiro atoms. The van der Waals surface area contributed by atoms with E-state index in [-0.39, 0.29) is 45.8 Å². The van der Waals surface area contributed by atoms with E-state index in [9.17, 15) is 23.1 Å². The number of amidine groups is 1. The molecule has 0 bridgehead atoms. The molecule has 3 heterocycles. The van der Waals surface area contributed by atoms with Gasteiger partial charge in [0, 0.05) is 12.2 Å². The lowest BCUT2D eigenvalue weighted by molar-refractivity contribution is 0.187. The number of carbonyl (C=O) groups is 1. The molecule has 11 nitrogen and oxygen atoms in total. The van der Waals surface area contributed by atoms with Crippen molar-refractivity contribution in [2.24, 2.45) is 10.9 Å². The molecular weight excluding hydrogens is 494 g/mol. The second-order valence-corrected chi connectivity index (χ2v) is 10.7. The first-order chi connectivity index (χ1) is 16.6. The number of sulfonamides is 1. The van der Waals surface area contributed by atoms with E-state index in [0.717, 1.165) is 0 Å². The second-order valence-electron chi connectivity index (χ2n) is 8.13. The first kappa shape index (κ1) is 24.4. The minimum atomic E-state index is -4.19. The fourth-order valence-corrected chi connectivity index (χ4v) is 5.28. The third-order valence-electron chi connectivity index (χ3n) is 5.18. The number of thiophene rings is 1. The Kier molecular flexibility index (Phi) is 6.63. The van der Waals surface area contributed by atoms with Crippen molar-refractivity contribution in [3.63, 3.8) is 0 Å². The molecule has 2 aromatic heterocycles. The van der Waals surface area contributed by atoms with Crippen molar-refractivity contribution < 1.29 is 23.1 Å². The third-order valence-corrected chi connectivity index (χ3v) is 7.43. The number of carbonyl (C=O) groups excluding carboxylic acids is 1. The normalized spacial score (nSPS) is 14.1. The molecule has 13 heteroatoms. The molecular formula is C22H23N5O6S2. The number of fused-ring (bicyclic) bond motifs is 1. The zero-order chi connectivity index (χ0) is 25.3. The number of aromatic hydroxyl groups is 1. The Morgan fingerprint density at radius 1 is 1.31 bits per heavy atom. The summed E-state index contributed by atoms with van der Waals surface area (Å²) in [5.41, 5.74) is -0.585. The summed E-state index contributed by atoms with van der Waals surface area (Å²) in [5.74, 6) is -0.490. The molecule has 0 unspecified atom stereocenters. The van der Waals surface area contributed by atoms with Gasteiger partial charge in [-0.05, 0) is 42.0 Å². The molecule has 3 N–H and O–H groups in total. The van der Waals surface area contributed by atoms with Crippen LogP contribution in [0, 0.1) is 5.92 Å². The molecule has 35 heavy (non-hydrogen) atoms. The first-order valence-corrected chi connectivity index (χ1v) is 13.0. The van der Waals surface area contributed by atoms with Crippen molar-refractivity contribution >= 4 is 44.7 Å². The molecule has 0 radical (unpaired) electrons. The van der Waals surface area contributed by atoms with E-state index in [1.54, 1.807) is 17.5 Å². The van der Waals surface area contributed by atoms with Gasteiger partial charge < -0.3 is 9.84 Å². The number of hydrogen-bond donors (Lipinski definition) is 3. The summed E-state index contributed by atoms with van der Waals surface area (Å²) in [6, 6.07) is 7.57. The van der Waals surface area contributed by atoms with Gasteiger partial charge in [-0.15, -0.1) is 11.3 Å². The number of benzene rings is 1.